The molecule has 0 N–H and O–H groups in total. The average molecular weight is 307 g/mol. The molecule has 0 bridgehead atoms. The average Bonchev–Trinajstić information content (AvgIpc) is 2.36. The molecule has 0 aliphatic rings. The molecule has 0 aliphatic carbocycles. The van der Waals surface area contributed by atoms with Gasteiger partial charge in [-0.1, -0.05) is 58.9 Å². The lowest BCUT2D eigenvalue weighted by molar-refractivity contribution is -0.117. The first-order chi connectivity index (χ1) is 9.69. The molecule has 1 nitrogen and oxygen atoms in total. The maximum absolute atomic E-state index is 11.3. The monoisotopic (exact) mass is 306 g/mol. The third kappa shape index (κ3) is 7.17. The lowest BCUT2D eigenvalue weighted by atomic mass is 9.98. The summed E-state index contributed by atoms with van der Waals surface area (Å²) in [5, 5.41) is 0. The van der Waals surface area contributed by atoms with Gasteiger partial charge < -0.3 is 0 Å². The molecule has 0 aromatic heterocycles. The van der Waals surface area contributed by atoms with Crippen LogP contribution >= 0.6 is 11.8 Å². The summed E-state index contributed by atoms with van der Waals surface area (Å²) in [5.41, 5.74) is 2.82. The van der Waals surface area contributed by atoms with Crippen molar-refractivity contribution in [2.24, 2.45) is 5.92 Å². The van der Waals surface area contributed by atoms with Gasteiger partial charge in [0.15, 0.2) is 0 Å². The highest BCUT2D eigenvalue weighted by Crippen LogP contribution is 2.30. The van der Waals surface area contributed by atoms with Crippen LogP contribution < -0.4 is 0 Å². The molecule has 0 saturated carbocycles. The second-order valence-corrected chi connectivity index (χ2v) is 8.88. The van der Waals surface area contributed by atoms with Crippen molar-refractivity contribution >= 4 is 17.5 Å². The SMILES string of the molecule is CC(=O)CC(C)(C)SCC(C)Cc1ccc(C(C)C)cc1. The van der Waals surface area contributed by atoms with Crippen LogP contribution in [0.1, 0.15) is 65.0 Å². The molecule has 0 fully saturated rings. The Kier molecular flexibility index (Phi) is 6.99. The van der Waals surface area contributed by atoms with Crippen LogP contribution in [0.4, 0.5) is 0 Å². The predicted molar refractivity (Wildman–Crippen MR) is 95.2 cm³/mol. The molecular formula is C19H30OS. The van der Waals surface area contributed by atoms with Gasteiger partial charge in [0.1, 0.15) is 5.78 Å². The van der Waals surface area contributed by atoms with E-state index in [1.54, 1.807) is 6.92 Å². The third-order valence-corrected chi connectivity index (χ3v) is 5.33. The van der Waals surface area contributed by atoms with E-state index in [1.165, 1.54) is 11.1 Å². The molecular weight excluding hydrogens is 276 g/mol. The van der Waals surface area contributed by atoms with Crippen molar-refractivity contribution in [1.82, 2.24) is 0 Å². The third-order valence-electron chi connectivity index (χ3n) is 3.66. The van der Waals surface area contributed by atoms with E-state index >= 15 is 0 Å². The standard InChI is InChI=1S/C19H30OS/c1-14(2)18-9-7-17(8-10-18)11-15(3)13-21-19(5,6)12-16(4)20/h7-10,14-15H,11-13H2,1-6H3. The number of carbonyl (C=O) groups is 1. The van der Waals surface area contributed by atoms with Crippen molar-refractivity contribution in [2.45, 2.75) is 65.0 Å². The Hall–Kier alpha value is -0.760. The summed E-state index contributed by atoms with van der Waals surface area (Å²) in [6, 6.07) is 9.02. The Morgan fingerprint density at radius 3 is 2.19 bits per heavy atom. The molecule has 1 aromatic rings. The minimum atomic E-state index is 0.0571. The van der Waals surface area contributed by atoms with Gasteiger partial charge in [0.25, 0.3) is 0 Å². The van der Waals surface area contributed by atoms with E-state index in [1.807, 2.05) is 11.8 Å². The fourth-order valence-electron chi connectivity index (χ4n) is 2.52. The highest BCUT2D eigenvalue weighted by molar-refractivity contribution is 8.00. The van der Waals surface area contributed by atoms with Gasteiger partial charge in [-0.2, -0.15) is 11.8 Å². The van der Waals surface area contributed by atoms with E-state index in [2.05, 4.69) is 58.9 Å². The number of hydrogen-bond donors (Lipinski definition) is 0. The predicted octanol–water partition coefficient (Wildman–Crippen LogP) is 5.48. The van der Waals surface area contributed by atoms with Gasteiger partial charge in [0.2, 0.25) is 0 Å². The Balaban J connectivity index is 2.46. The summed E-state index contributed by atoms with van der Waals surface area (Å²) in [6.07, 6.45) is 1.77. The molecule has 0 radical (unpaired) electrons. The van der Waals surface area contributed by atoms with Gasteiger partial charge in [0, 0.05) is 11.2 Å². The fraction of sp³-hybridized carbons (Fsp3) is 0.632. The molecule has 21 heavy (non-hydrogen) atoms. The topological polar surface area (TPSA) is 17.1 Å². The van der Waals surface area contributed by atoms with Gasteiger partial charge in [-0.3, -0.25) is 4.79 Å². The molecule has 1 aromatic carbocycles. The summed E-state index contributed by atoms with van der Waals surface area (Å²) < 4.78 is 0.0571. The molecule has 1 rings (SSSR count). The summed E-state index contributed by atoms with van der Waals surface area (Å²) in [7, 11) is 0. The van der Waals surface area contributed by atoms with Crippen LogP contribution in [-0.4, -0.2) is 16.3 Å². The molecule has 0 amide bonds. The zero-order valence-corrected chi connectivity index (χ0v) is 15.2. The molecule has 1 atom stereocenters. The number of hydrogen-bond acceptors (Lipinski definition) is 2. The summed E-state index contributed by atoms with van der Waals surface area (Å²) >= 11 is 1.92. The number of ketones is 1. The number of benzene rings is 1. The van der Waals surface area contributed by atoms with Gasteiger partial charge in [-0.25, -0.2) is 0 Å². The van der Waals surface area contributed by atoms with E-state index in [9.17, 15) is 4.79 Å². The van der Waals surface area contributed by atoms with Gasteiger partial charge in [0.05, 0.1) is 0 Å². The molecule has 0 aliphatic heterocycles. The molecule has 0 saturated heterocycles. The van der Waals surface area contributed by atoms with E-state index < -0.39 is 0 Å². The highest BCUT2D eigenvalue weighted by atomic mass is 32.2. The van der Waals surface area contributed by atoms with Crippen molar-refractivity contribution in [3.05, 3.63) is 35.4 Å². The molecule has 0 spiro atoms. The summed E-state index contributed by atoms with van der Waals surface area (Å²) in [5.74, 6) is 2.61. The number of Topliss-reactive ketones (excluding diaryl/α,β-unsaturated/α-hetero) is 1. The second-order valence-electron chi connectivity index (χ2n) is 7.16. The molecule has 1 unspecified atom stereocenters. The van der Waals surface area contributed by atoms with Crippen LogP contribution in [0.3, 0.4) is 0 Å². The van der Waals surface area contributed by atoms with Crippen LogP contribution in [0.5, 0.6) is 0 Å². The van der Waals surface area contributed by atoms with Crippen molar-refractivity contribution < 1.29 is 4.79 Å². The Bertz CT molecular complexity index is 445. The van der Waals surface area contributed by atoms with E-state index in [0.29, 0.717) is 18.3 Å². The minimum Gasteiger partial charge on any atom is -0.300 e. The quantitative estimate of drug-likeness (QED) is 0.632. The number of carbonyl (C=O) groups excluding carboxylic acids is 1. The van der Waals surface area contributed by atoms with Crippen LogP contribution in [0.2, 0.25) is 0 Å². The molecule has 0 heterocycles. The lowest BCUT2D eigenvalue weighted by Gasteiger charge is -2.24. The van der Waals surface area contributed by atoms with Crippen molar-refractivity contribution in [1.29, 1.82) is 0 Å². The number of thioether (sulfide) groups is 1. The van der Waals surface area contributed by atoms with Crippen LogP contribution in [0.15, 0.2) is 24.3 Å². The lowest BCUT2D eigenvalue weighted by Crippen LogP contribution is -2.21. The van der Waals surface area contributed by atoms with Crippen molar-refractivity contribution in [3.63, 3.8) is 0 Å². The van der Waals surface area contributed by atoms with Crippen molar-refractivity contribution in [2.75, 3.05) is 5.75 Å². The molecule has 118 valence electrons. The fourth-order valence-corrected chi connectivity index (χ4v) is 3.68. The largest absolute Gasteiger partial charge is 0.300 e. The normalized spacial score (nSPS) is 13.5. The summed E-state index contributed by atoms with van der Waals surface area (Å²) in [4.78, 5) is 11.3. The van der Waals surface area contributed by atoms with Crippen LogP contribution in [0.25, 0.3) is 0 Å². The van der Waals surface area contributed by atoms with E-state index in [0.717, 1.165) is 12.2 Å². The van der Waals surface area contributed by atoms with E-state index in [4.69, 9.17) is 0 Å². The first kappa shape index (κ1) is 18.3. The van der Waals surface area contributed by atoms with Gasteiger partial charge in [-0.05, 0) is 42.1 Å². The second kappa shape index (κ2) is 8.03. The Morgan fingerprint density at radius 1 is 1.14 bits per heavy atom. The highest BCUT2D eigenvalue weighted by Gasteiger charge is 2.21. The first-order valence-electron chi connectivity index (χ1n) is 7.92. The van der Waals surface area contributed by atoms with Crippen LogP contribution in [0, 0.1) is 5.92 Å². The maximum Gasteiger partial charge on any atom is 0.131 e. The zero-order chi connectivity index (χ0) is 16.0. The Morgan fingerprint density at radius 2 is 1.71 bits per heavy atom. The Labute approximate surface area is 134 Å². The maximum atomic E-state index is 11.3. The van der Waals surface area contributed by atoms with Gasteiger partial charge >= 0.3 is 0 Å². The van der Waals surface area contributed by atoms with Crippen LogP contribution in [-0.2, 0) is 11.2 Å². The van der Waals surface area contributed by atoms with E-state index in [-0.39, 0.29) is 10.5 Å². The smallest absolute Gasteiger partial charge is 0.131 e. The van der Waals surface area contributed by atoms with Gasteiger partial charge in [-0.15, -0.1) is 0 Å². The first-order valence-corrected chi connectivity index (χ1v) is 8.90. The number of rotatable bonds is 8. The minimum absolute atomic E-state index is 0.0571. The van der Waals surface area contributed by atoms with Crippen molar-refractivity contribution in [3.8, 4) is 0 Å². The zero-order valence-electron chi connectivity index (χ0n) is 14.4. The molecule has 2 heteroatoms. The summed E-state index contributed by atoms with van der Waals surface area (Å²) in [6.45, 7) is 12.8.